The smallest absolute Gasteiger partial charge is 0.0902 e. The number of carboxylic acids is 1. The van der Waals surface area contributed by atoms with Crippen LogP contribution in [-0.2, 0) is 6.42 Å². The third kappa shape index (κ3) is 1.55. The number of hydrogen-bond acceptors (Lipinski definition) is 3. The van der Waals surface area contributed by atoms with Crippen LogP contribution in [-0.4, -0.2) is 11.0 Å². The number of aromatic nitrogens is 1. The molecule has 0 saturated carbocycles. The summed E-state index contributed by atoms with van der Waals surface area (Å²) < 4.78 is 0. The van der Waals surface area contributed by atoms with E-state index >= 15 is 0 Å². The second-order valence-electron chi connectivity index (χ2n) is 2.15. The van der Waals surface area contributed by atoms with Crippen molar-refractivity contribution in [1.29, 1.82) is 0 Å². The Balaban J connectivity index is 3.12. The number of aromatic carboxylic acids is 1. The van der Waals surface area contributed by atoms with Gasteiger partial charge in [-0.1, -0.05) is 13.0 Å². The zero-order valence-corrected chi connectivity index (χ0v) is 6.20. The molecule has 0 aliphatic carbocycles. The van der Waals surface area contributed by atoms with Crippen LogP contribution in [0.15, 0.2) is 18.3 Å². The number of carboxylic acid groups (broad SMARTS) is 1. The third-order valence-electron chi connectivity index (χ3n) is 1.47. The largest absolute Gasteiger partial charge is 0.543 e. The van der Waals surface area contributed by atoms with Gasteiger partial charge < -0.3 is 9.90 Å². The van der Waals surface area contributed by atoms with Crippen molar-refractivity contribution in [2.24, 2.45) is 0 Å². The zero-order chi connectivity index (χ0) is 8.27. The van der Waals surface area contributed by atoms with E-state index in [4.69, 9.17) is 0 Å². The fourth-order valence-corrected chi connectivity index (χ4v) is 0.908. The molecule has 0 aliphatic rings. The van der Waals surface area contributed by atoms with Gasteiger partial charge >= 0.3 is 0 Å². The number of aryl methyl sites for hydroxylation is 1. The molecule has 3 heteroatoms. The molecule has 0 aromatic carbocycles. The summed E-state index contributed by atoms with van der Waals surface area (Å²) in [4.78, 5) is 14.1. The summed E-state index contributed by atoms with van der Waals surface area (Å²) in [7, 11) is 0. The van der Waals surface area contributed by atoms with Crippen LogP contribution in [0.5, 0.6) is 0 Å². The predicted octanol–water partition coefficient (Wildman–Crippen LogP) is 0.00750. The lowest BCUT2D eigenvalue weighted by atomic mass is 10.1. The normalized spacial score (nSPS) is 9.55. The standard InChI is InChI=1S/C8H9NO2/c1-2-6-4-3-5-9-7(6)8(10)11/h3-5H,2H2,1H3,(H,10,11)/p-1. The Kier molecular flexibility index (Phi) is 2.21. The molecule has 1 aromatic rings. The minimum Gasteiger partial charge on any atom is -0.543 e. The Bertz CT molecular complexity index is 271. The number of nitrogens with zero attached hydrogens (tertiary/aromatic N) is 1. The Morgan fingerprint density at radius 1 is 1.73 bits per heavy atom. The lowest BCUT2D eigenvalue weighted by Gasteiger charge is -2.05. The zero-order valence-electron chi connectivity index (χ0n) is 6.20. The van der Waals surface area contributed by atoms with E-state index in [1.807, 2.05) is 6.92 Å². The van der Waals surface area contributed by atoms with Gasteiger partial charge in [-0.05, 0) is 18.1 Å². The van der Waals surface area contributed by atoms with Crippen molar-refractivity contribution >= 4 is 5.97 Å². The highest BCUT2D eigenvalue weighted by molar-refractivity contribution is 5.85. The van der Waals surface area contributed by atoms with Gasteiger partial charge in [0.2, 0.25) is 0 Å². The van der Waals surface area contributed by atoms with Gasteiger partial charge in [0, 0.05) is 6.20 Å². The molecular weight excluding hydrogens is 142 g/mol. The van der Waals surface area contributed by atoms with E-state index < -0.39 is 5.97 Å². The molecule has 0 radical (unpaired) electrons. The fraction of sp³-hybridized carbons (Fsp3) is 0.250. The summed E-state index contributed by atoms with van der Waals surface area (Å²) in [6.07, 6.45) is 2.11. The quantitative estimate of drug-likeness (QED) is 0.596. The third-order valence-corrected chi connectivity index (χ3v) is 1.47. The molecule has 1 heterocycles. The van der Waals surface area contributed by atoms with Crippen LogP contribution in [0, 0.1) is 0 Å². The Morgan fingerprint density at radius 3 is 2.91 bits per heavy atom. The average molecular weight is 150 g/mol. The van der Waals surface area contributed by atoms with Gasteiger partial charge in [-0.25, -0.2) is 0 Å². The summed E-state index contributed by atoms with van der Waals surface area (Å²) in [6, 6.07) is 3.45. The minimum absolute atomic E-state index is 0.0509. The lowest BCUT2D eigenvalue weighted by Crippen LogP contribution is -2.24. The van der Waals surface area contributed by atoms with E-state index in [1.165, 1.54) is 6.20 Å². The number of carbonyl (C=O) groups excluding carboxylic acids is 1. The SMILES string of the molecule is CCc1cccnc1C(=O)[O-]. The molecule has 1 rings (SSSR count). The molecule has 58 valence electrons. The molecule has 0 atom stereocenters. The van der Waals surface area contributed by atoms with Crippen molar-refractivity contribution in [2.45, 2.75) is 13.3 Å². The van der Waals surface area contributed by atoms with Gasteiger partial charge in [0.1, 0.15) is 0 Å². The fourth-order valence-electron chi connectivity index (χ4n) is 0.908. The second kappa shape index (κ2) is 3.14. The van der Waals surface area contributed by atoms with Crippen LogP contribution in [0.3, 0.4) is 0 Å². The van der Waals surface area contributed by atoms with Crippen molar-refractivity contribution in [1.82, 2.24) is 4.98 Å². The molecule has 0 spiro atoms. The van der Waals surface area contributed by atoms with E-state index in [0.717, 1.165) is 0 Å². The first-order chi connectivity index (χ1) is 5.25. The highest BCUT2D eigenvalue weighted by atomic mass is 16.4. The molecule has 0 bridgehead atoms. The molecule has 0 N–H and O–H groups in total. The Labute approximate surface area is 64.7 Å². The molecule has 0 aliphatic heterocycles. The van der Waals surface area contributed by atoms with Crippen LogP contribution in [0.2, 0.25) is 0 Å². The van der Waals surface area contributed by atoms with Crippen molar-refractivity contribution in [3.8, 4) is 0 Å². The monoisotopic (exact) mass is 150 g/mol. The van der Waals surface area contributed by atoms with E-state index in [1.54, 1.807) is 12.1 Å². The van der Waals surface area contributed by atoms with Crippen molar-refractivity contribution in [3.05, 3.63) is 29.6 Å². The first-order valence-electron chi connectivity index (χ1n) is 3.41. The highest BCUT2D eigenvalue weighted by Gasteiger charge is 1.99. The summed E-state index contributed by atoms with van der Waals surface area (Å²) >= 11 is 0. The Morgan fingerprint density at radius 2 is 2.45 bits per heavy atom. The average Bonchev–Trinajstić information content (AvgIpc) is 2.04. The molecular formula is C8H8NO2-. The maximum atomic E-state index is 10.4. The van der Waals surface area contributed by atoms with Gasteiger partial charge in [-0.3, -0.25) is 4.98 Å². The molecule has 0 saturated heterocycles. The highest BCUT2D eigenvalue weighted by Crippen LogP contribution is 2.03. The molecule has 11 heavy (non-hydrogen) atoms. The number of carbonyl (C=O) groups is 1. The molecule has 0 unspecified atom stereocenters. The summed E-state index contributed by atoms with van der Waals surface area (Å²) in [5.74, 6) is -1.21. The summed E-state index contributed by atoms with van der Waals surface area (Å²) in [5, 5.41) is 10.4. The van der Waals surface area contributed by atoms with E-state index in [9.17, 15) is 9.90 Å². The van der Waals surface area contributed by atoms with Gasteiger partial charge in [-0.15, -0.1) is 0 Å². The first-order valence-corrected chi connectivity index (χ1v) is 3.41. The molecule has 0 fully saturated rings. The van der Waals surface area contributed by atoms with Gasteiger partial charge in [0.25, 0.3) is 0 Å². The van der Waals surface area contributed by atoms with E-state index in [-0.39, 0.29) is 5.69 Å². The van der Waals surface area contributed by atoms with Crippen LogP contribution >= 0.6 is 0 Å². The molecule has 3 nitrogen and oxygen atoms in total. The van der Waals surface area contributed by atoms with Gasteiger partial charge in [0.15, 0.2) is 0 Å². The molecule has 1 aromatic heterocycles. The summed E-state index contributed by atoms with van der Waals surface area (Å²) in [5.41, 5.74) is 0.766. The van der Waals surface area contributed by atoms with E-state index in [0.29, 0.717) is 12.0 Å². The minimum atomic E-state index is -1.21. The molecule has 0 amide bonds. The number of pyridine rings is 1. The number of rotatable bonds is 2. The first kappa shape index (κ1) is 7.72. The second-order valence-corrected chi connectivity index (χ2v) is 2.15. The predicted molar refractivity (Wildman–Crippen MR) is 37.9 cm³/mol. The van der Waals surface area contributed by atoms with Gasteiger partial charge in [0.05, 0.1) is 11.7 Å². The van der Waals surface area contributed by atoms with Crippen LogP contribution in [0.25, 0.3) is 0 Å². The number of hydrogen-bond donors (Lipinski definition) is 0. The van der Waals surface area contributed by atoms with Crippen LogP contribution < -0.4 is 5.11 Å². The lowest BCUT2D eigenvalue weighted by molar-refractivity contribution is -0.255. The van der Waals surface area contributed by atoms with Crippen molar-refractivity contribution in [2.75, 3.05) is 0 Å². The Hall–Kier alpha value is -1.38. The maximum Gasteiger partial charge on any atom is 0.0902 e. The summed E-state index contributed by atoms with van der Waals surface area (Å²) in [6.45, 7) is 1.88. The van der Waals surface area contributed by atoms with E-state index in [2.05, 4.69) is 4.98 Å². The van der Waals surface area contributed by atoms with Gasteiger partial charge in [-0.2, -0.15) is 0 Å². The van der Waals surface area contributed by atoms with Crippen molar-refractivity contribution in [3.63, 3.8) is 0 Å². The van der Waals surface area contributed by atoms with Crippen molar-refractivity contribution < 1.29 is 9.90 Å². The van der Waals surface area contributed by atoms with Crippen LogP contribution in [0.4, 0.5) is 0 Å². The topological polar surface area (TPSA) is 53.0 Å². The maximum absolute atomic E-state index is 10.4. The van der Waals surface area contributed by atoms with Crippen LogP contribution in [0.1, 0.15) is 23.0 Å².